The van der Waals surface area contributed by atoms with Crippen molar-refractivity contribution in [2.75, 3.05) is 19.6 Å². The molecule has 5 nitrogen and oxygen atoms in total. The molecule has 1 aromatic rings. The first-order valence-electron chi connectivity index (χ1n) is 6.47. The highest BCUT2D eigenvalue weighted by Crippen LogP contribution is 2.33. The molecule has 3 rings (SSSR count). The molecule has 0 saturated carbocycles. The van der Waals surface area contributed by atoms with E-state index in [0.717, 1.165) is 26.1 Å². The fourth-order valence-electron chi connectivity index (χ4n) is 2.84. The van der Waals surface area contributed by atoms with Crippen molar-refractivity contribution in [1.82, 2.24) is 20.2 Å². The largest absolute Gasteiger partial charge is 0.420 e. The zero-order valence-electron chi connectivity index (χ0n) is 10.8. The number of hydrogen-bond acceptors (Lipinski definition) is 4. The molecule has 21 heavy (non-hydrogen) atoms. The summed E-state index contributed by atoms with van der Waals surface area (Å²) in [4.78, 5) is 21.1. The highest BCUT2D eigenvalue weighted by molar-refractivity contribution is 6.30. The number of nitrogens with one attached hydrogen (secondary N) is 1. The quantitative estimate of drug-likeness (QED) is 0.841. The van der Waals surface area contributed by atoms with Crippen LogP contribution in [0, 0.1) is 5.92 Å². The normalized spacial score (nSPS) is 27.9. The van der Waals surface area contributed by atoms with Gasteiger partial charge in [-0.1, -0.05) is 11.6 Å². The van der Waals surface area contributed by atoms with Crippen molar-refractivity contribution in [3.63, 3.8) is 0 Å². The number of carbonyl (C=O) groups is 1. The molecule has 0 spiro atoms. The van der Waals surface area contributed by atoms with Gasteiger partial charge in [-0.2, -0.15) is 13.2 Å². The lowest BCUT2D eigenvalue weighted by molar-refractivity contribution is -0.138. The number of halogens is 4. The van der Waals surface area contributed by atoms with Crippen LogP contribution in [0.15, 0.2) is 6.20 Å². The number of hydrogen-bond donors (Lipinski definition) is 1. The van der Waals surface area contributed by atoms with Gasteiger partial charge in [-0.05, 0) is 18.9 Å². The second-order valence-corrected chi connectivity index (χ2v) is 5.64. The van der Waals surface area contributed by atoms with Gasteiger partial charge >= 0.3 is 6.18 Å². The number of nitrogens with zero attached hydrogens (tertiary/aromatic N) is 3. The minimum absolute atomic E-state index is 0.00378. The summed E-state index contributed by atoms with van der Waals surface area (Å²) < 4.78 is 37.6. The van der Waals surface area contributed by atoms with E-state index in [1.807, 2.05) is 0 Å². The molecule has 1 amide bonds. The van der Waals surface area contributed by atoms with Crippen LogP contribution in [0.2, 0.25) is 5.15 Å². The minimum atomic E-state index is -4.63. The Morgan fingerprint density at radius 3 is 2.71 bits per heavy atom. The summed E-state index contributed by atoms with van der Waals surface area (Å²) in [6.45, 7) is 2.73. The summed E-state index contributed by atoms with van der Waals surface area (Å²) >= 11 is 5.48. The van der Waals surface area contributed by atoms with E-state index in [0.29, 0.717) is 12.1 Å². The Kier molecular flexibility index (Phi) is 3.53. The topological polar surface area (TPSA) is 58.1 Å². The van der Waals surface area contributed by atoms with Gasteiger partial charge in [0.1, 0.15) is 10.7 Å². The lowest BCUT2D eigenvalue weighted by Gasteiger charge is -2.22. The van der Waals surface area contributed by atoms with Crippen molar-refractivity contribution in [2.24, 2.45) is 5.92 Å². The number of alkyl halides is 3. The zero-order valence-corrected chi connectivity index (χ0v) is 11.6. The Hall–Kier alpha value is -1.41. The minimum Gasteiger partial charge on any atom is -0.345 e. The molecule has 3 heterocycles. The van der Waals surface area contributed by atoms with Gasteiger partial charge in [0.25, 0.3) is 5.91 Å². The van der Waals surface area contributed by atoms with E-state index in [1.165, 1.54) is 0 Å². The Labute approximate surface area is 123 Å². The smallest absolute Gasteiger partial charge is 0.345 e. The van der Waals surface area contributed by atoms with Crippen molar-refractivity contribution < 1.29 is 18.0 Å². The molecule has 2 aliphatic rings. The summed E-state index contributed by atoms with van der Waals surface area (Å²) in [5, 5.41) is 2.00. The predicted molar refractivity (Wildman–Crippen MR) is 67.8 cm³/mol. The van der Waals surface area contributed by atoms with Crippen LogP contribution in [0.1, 0.15) is 22.6 Å². The van der Waals surface area contributed by atoms with Crippen LogP contribution in [0.25, 0.3) is 0 Å². The van der Waals surface area contributed by atoms with Gasteiger partial charge in [-0.3, -0.25) is 4.79 Å². The third-order valence-corrected chi connectivity index (χ3v) is 4.19. The fraction of sp³-hybridized carbons (Fsp3) is 0.583. The molecule has 1 aromatic heterocycles. The van der Waals surface area contributed by atoms with Crippen molar-refractivity contribution >= 4 is 17.5 Å². The second kappa shape index (κ2) is 5.10. The first-order chi connectivity index (χ1) is 9.84. The summed E-state index contributed by atoms with van der Waals surface area (Å²) in [6.07, 6.45) is -3.09. The van der Waals surface area contributed by atoms with Gasteiger partial charge in [0, 0.05) is 25.3 Å². The van der Waals surface area contributed by atoms with Crippen LogP contribution < -0.4 is 5.32 Å². The van der Waals surface area contributed by atoms with Crippen LogP contribution in [-0.2, 0) is 6.18 Å². The molecular formula is C12H12ClF3N4O. The molecule has 9 heteroatoms. The number of aromatic nitrogens is 2. The average Bonchev–Trinajstić information content (AvgIpc) is 2.99. The van der Waals surface area contributed by atoms with Crippen LogP contribution >= 0.6 is 11.6 Å². The first kappa shape index (κ1) is 14.5. The number of piperidine rings is 1. The first-order valence-corrected chi connectivity index (χ1v) is 6.85. The van der Waals surface area contributed by atoms with E-state index >= 15 is 0 Å². The van der Waals surface area contributed by atoms with Crippen molar-refractivity contribution in [3.05, 3.63) is 22.7 Å². The maximum absolute atomic E-state index is 12.5. The van der Waals surface area contributed by atoms with Crippen LogP contribution in [0.3, 0.4) is 0 Å². The third kappa shape index (κ3) is 2.82. The fourth-order valence-corrected chi connectivity index (χ4v) is 3.08. The van der Waals surface area contributed by atoms with Gasteiger partial charge in [-0.15, -0.1) is 0 Å². The molecule has 0 aromatic carbocycles. The number of rotatable bonds is 2. The van der Waals surface area contributed by atoms with E-state index in [4.69, 9.17) is 11.6 Å². The van der Waals surface area contributed by atoms with Crippen LogP contribution in [0.5, 0.6) is 0 Å². The van der Waals surface area contributed by atoms with Gasteiger partial charge in [0.2, 0.25) is 5.82 Å². The summed E-state index contributed by atoms with van der Waals surface area (Å²) in [5.41, 5.74) is -1.15. The molecule has 3 atom stereocenters. The molecule has 114 valence electrons. The predicted octanol–water partition coefficient (Wildman–Crippen LogP) is 1.58. The van der Waals surface area contributed by atoms with E-state index in [9.17, 15) is 18.0 Å². The summed E-state index contributed by atoms with van der Waals surface area (Å²) in [6, 6.07) is -0.00378. The maximum Gasteiger partial charge on any atom is 0.420 e. The van der Waals surface area contributed by atoms with Gasteiger partial charge in [0.05, 0.1) is 0 Å². The molecule has 2 saturated heterocycles. The Balaban J connectivity index is 1.72. The monoisotopic (exact) mass is 320 g/mol. The molecular weight excluding hydrogens is 309 g/mol. The average molecular weight is 321 g/mol. The van der Waals surface area contributed by atoms with E-state index < -0.39 is 22.8 Å². The van der Waals surface area contributed by atoms with E-state index in [2.05, 4.69) is 20.2 Å². The van der Waals surface area contributed by atoms with Gasteiger partial charge in [-0.25, -0.2) is 9.97 Å². The Morgan fingerprint density at radius 2 is 2.19 bits per heavy atom. The summed E-state index contributed by atoms with van der Waals surface area (Å²) in [7, 11) is 0. The lowest BCUT2D eigenvalue weighted by Crippen LogP contribution is -2.43. The van der Waals surface area contributed by atoms with Crippen molar-refractivity contribution in [1.29, 1.82) is 0 Å². The lowest BCUT2D eigenvalue weighted by atomic mass is 10.00. The summed E-state index contributed by atoms with van der Waals surface area (Å²) in [5.74, 6) is -0.547. The van der Waals surface area contributed by atoms with E-state index in [-0.39, 0.29) is 11.9 Å². The second-order valence-electron chi connectivity index (χ2n) is 5.28. The third-order valence-electron chi connectivity index (χ3n) is 3.90. The van der Waals surface area contributed by atoms with Crippen molar-refractivity contribution in [2.45, 2.75) is 18.6 Å². The number of amides is 1. The van der Waals surface area contributed by atoms with E-state index in [1.54, 1.807) is 0 Å². The Bertz CT molecular complexity index is 580. The van der Waals surface area contributed by atoms with Crippen LogP contribution in [-0.4, -0.2) is 46.5 Å². The molecule has 2 unspecified atom stereocenters. The zero-order chi connectivity index (χ0) is 15.2. The number of fused-ring (bicyclic) bond motifs is 2. The molecule has 0 radical (unpaired) electrons. The number of carbonyl (C=O) groups excluding carboxylic acids is 1. The highest BCUT2D eigenvalue weighted by atomic mass is 35.5. The van der Waals surface area contributed by atoms with Gasteiger partial charge in [0.15, 0.2) is 0 Å². The SMILES string of the molecule is O=C(NC1CN2CC[C@H]1C2)c1ncc(C(F)(F)F)c(Cl)n1. The molecule has 2 fully saturated rings. The standard InChI is InChI=1S/C12H12ClF3N4O/c13-9-7(12(14,15)16)3-17-10(19-9)11(21)18-8-5-20-2-1-6(8)4-20/h3,6,8H,1-2,4-5H2,(H,18,21)/t6-,8?/m0/s1. The molecule has 2 bridgehead atoms. The van der Waals surface area contributed by atoms with Crippen LogP contribution in [0.4, 0.5) is 13.2 Å². The maximum atomic E-state index is 12.5. The van der Waals surface area contributed by atoms with Gasteiger partial charge < -0.3 is 10.2 Å². The van der Waals surface area contributed by atoms with Crippen molar-refractivity contribution in [3.8, 4) is 0 Å². The molecule has 1 N–H and O–H groups in total. The molecule has 0 aliphatic carbocycles. The molecule has 2 aliphatic heterocycles. The highest BCUT2D eigenvalue weighted by Gasteiger charge is 2.39. The Morgan fingerprint density at radius 1 is 1.43 bits per heavy atom.